The highest BCUT2D eigenvalue weighted by atomic mass is 19.1. The van der Waals surface area contributed by atoms with Crippen LogP contribution in [-0.2, 0) is 12.8 Å². The lowest BCUT2D eigenvalue weighted by Crippen LogP contribution is -2.22. The Hall–Kier alpha value is -3.09. The number of aromatic nitrogens is 4. The Morgan fingerprint density at radius 2 is 1.88 bits per heavy atom. The van der Waals surface area contributed by atoms with Crippen LogP contribution in [0.1, 0.15) is 11.1 Å². The fourth-order valence-electron chi connectivity index (χ4n) is 2.52. The zero-order chi connectivity index (χ0) is 18.2. The van der Waals surface area contributed by atoms with Crippen molar-refractivity contribution in [3.63, 3.8) is 0 Å². The van der Waals surface area contributed by atoms with Gasteiger partial charge in [0.15, 0.2) is 5.82 Å². The molecule has 0 spiro atoms. The molecule has 0 saturated carbocycles. The third-order valence-electron chi connectivity index (χ3n) is 4.06. The fraction of sp³-hybridized carbons (Fsp3) is 0.263. The van der Waals surface area contributed by atoms with Crippen LogP contribution in [0.2, 0.25) is 0 Å². The maximum absolute atomic E-state index is 13.6. The Kier molecular flexibility index (Phi) is 6.03. The molecule has 3 aromatic rings. The van der Waals surface area contributed by atoms with E-state index in [1.54, 1.807) is 30.7 Å². The molecule has 3 rings (SSSR count). The molecule has 6 nitrogen and oxygen atoms in total. The van der Waals surface area contributed by atoms with E-state index in [0.717, 1.165) is 18.8 Å². The topological polar surface area (TPSA) is 66.8 Å². The van der Waals surface area contributed by atoms with Crippen molar-refractivity contribution in [2.24, 2.45) is 0 Å². The van der Waals surface area contributed by atoms with Crippen LogP contribution in [0.25, 0.3) is 0 Å². The second-order valence-corrected chi connectivity index (χ2v) is 5.93. The highest BCUT2D eigenvalue weighted by molar-refractivity contribution is 5.39. The zero-order valence-electron chi connectivity index (χ0n) is 14.6. The number of nitrogens with zero attached hydrogens (tertiary/aromatic N) is 5. The van der Waals surface area contributed by atoms with Gasteiger partial charge in [0, 0.05) is 32.5 Å². The Bertz CT molecular complexity index is 827. The van der Waals surface area contributed by atoms with Crippen molar-refractivity contribution in [3.8, 4) is 0 Å². The molecule has 0 aliphatic heterocycles. The van der Waals surface area contributed by atoms with Crippen LogP contribution < -0.4 is 10.2 Å². The van der Waals surface area contributed by atoms with Crippen LogP contribution >= 0.6 is 0 Å². The number of anilines is 2. The van der Waals surface area contributed by atoms with Gasteiger partial charge in [0.2, 0.25) is 5.95 Å². The summed E-state index contributed by atoms with van der Waals surface area (Å²) >= 11 is 0. The summed E-state index contributed by atoms with van der Waals surface area (Å²) in [5, 5.41) is 11.1. The molecule has 0 aliphatic carbocycles. The molecule has 7 heteroatoms. The van der Waals surface area contributed by atoms with Gasteiger partial charge in [-0.3, -0.25) is 4.98 Å². The summed E-state index contributed by atoms with van der Waals surface area (Å²) in [7, 11) is 1.97. The van der Waals surface area contributed by atoms with Crippen LogP contribution in [0.3, 0.4) is 0 Å². The van der Waals surface area contributed by atoms with Gasteiger partial charge in [0.25, 0.3) is 0 Å². The molecule has 134 valence electrons. The number of likely N-dealkylation sites (N-methyl/N-ethyl adjacent to an activating group) is 1. The summed E-state index contributed by atoms with van der Waals surface area (Å²) < 4.78 is 13.6. The average Bonchev–Trinajstić information content (AvgIpc) is 2.69. The molecular weight excluding hydrogens is 331 g/mol. The van der Waals surface area contributed by atoms with Crippen LogP contribution in [0, 0.1) is 5.82 Å². The van der Waals surface area contributed by atoms with Gasteiger partial charge >= 0.3 is 0 Å². The quantitative estimate of drug-likeness (QED) is 0.672. The SMILES string of the molecule is CN(CCc1ccncc1)c1cnnc(NCCc2ccccc2F)n1. The number of pyridine rings is 1. The molecule has 0 unspecified atom stereocenters. The number of rotatable bonds is 8. The molecule has 0 saturated heterocycles. The largest absolute Gasteiger partial charge is 0.358 e. The minimum absolute atomic E-state index is 0.196. The van der Waals surface area contributed by atoms with Crippen molar-refractivity contribution >= 4 is 11.8 Å². The second kappa shape index (κ2) is 8.84. The molecule has 2 heterocycles. The van der Waals surface area contributed by atoms with E-state index in [0.29, 0.717) is 24.5 Å². The maximum Gasteiger partial charge on any atom is 0.244 e. The Balaban J connectivity index is 1.53. The summed E-state index contributed by atoms with van der Waals surface area (Å²) in [5.74, 6) is 0.981. The predicted molar refractivity (Wildman–Crippen MR) is 99.6 cm³/mol. The number of nitrogens with one attached hydrogen (secondary N) is 1. The lowest BCUT2D eigenvalue weighted by molar-refractivity contribution is 0.610. The number of hydrogen-bond donors (Lipinski definition) is 1. The van der Waals surface area contributed by atoms with E-state index >= 15 is 0 Å². The lowest BCUT2D eigenvalue weighted by Gasteiger charge is -2.18. The van der Waals surface area contributed by atoms with E-state index in [-0.39, 0.29) is 5.82 Å². The highest BCUT2D eigenvalue weighted by Crippen LogP contribution is 2.11. The third-order valence-corrected chi connectivity index (χ3v) is 4.06. The van der Waals surface area contributed by atoms with Crippen molar-refractivity contribution in [2.45, 2.75) is 12.8 Å². The first-order valence-electron chi connectivity index (χ1n) is 8.49. The number of benzene rings is 1. The van der Waals surface area contributed by atoms with Crippen LogP contribution in [0.5, 0.6) is 0 Å². The molecule has 1 N–H and O–H groups in total. The van der Waals surface area contributed by atoms with Gasteiger partial charge in [-0.15, -0.1) is 5.10 Å². The minimum Gasteiger partial charge on any atom is -0.358 e. The van der Waals surface area contributed by atoms with Gasteiger partial charge in [0.1, 0.15) is 5.82 Å². The van der Waals surface area contributed by atoms with E-state index in [9.17, 15) is 4.39 Å². The number of halogens is 1. The Morgan fingerprint density at radius 3 is 2.69 bits per heavy atom. The normalized spacial score (nSPS) is 10.5. The summed E-state index contributed by atoms with van der Waals surface area (Å²) in [6.45, 7) is 1.34. The molecular formula is C19H21FN6. The molecule has 0 amide bonds. The predicted octanol–water partition coefficient (Wildman–Crippen LogP) is 2.74. The average molecular weight is 352 g/mol. The van der Waals surface area contributed by atoms with E-state index in [1.807, 2.05) is 30.1 Å². The first-order valence-corrected chi connectivity index (χ1v) is 8.49. The Labute approximate surface area is 152 Å². The van der Waals surface area contributed by atoms with Gasteiger partial charge in [-0.2, -0.15) is 10.1 Å². The standard InChI is InChI=1S/C19H21FN6/c1-26(13-9-15-6-10-21-11-7-15)18-14-23-25-19(24-18)22-12-8-16-4-2-3-5-17(16)20/h2-7,10-11,14H,8-9,12-13H2,1H3,(H,22,24,25). The van der Waals surface area contributed by atoms with Crippen molar-refractivity contribution in [1.82, 2.24) is 20.2 Å². The summed E-state index contributed by atoms with van der Waals surface area (Å²) in [6, 6.07) is 10.8. The van der Waals surface area contributed by atoms with Crippen LogP contribution in [-0.4, -0.2) is 40.3 Å². The first-order chi connectivity index (χ1) is 12.7. The van der Waals surface area contributed by atoms with Gasteiger partial charge in [-0.05, 0) is 42.2 Å². The second-order valence-electron chi connectivity index (χ2n) is 5.93. The van der Waals surface area contributed by atoms with Gasteiger partial charge < -0.3 is 10.2 Å². The van der Waals surface area contributed by atoms with Crippen molar-refractivity contribution in [3.05, 3.63) is 71.9 Å². The molecule has 1 aromatic carbocycles. The van der Waals surface area contributed by atoms with Crippen LogP contribution in [0.4, 0.5) is 16.2 Å². The van der Waals surface area contributed by atoms with Crippen molar-refractivity contribution in [1.29, 1.82) is 0 Å². The lowest BCUT2D eigenvalue weighted by atomic mass is 10.1. The third kappa shape index (κ3) is 4.95. The monoisotopic (exact) mass is 352 g/mol. The molecule has 2 aromatic heterocycles. The fourth-order valence-corrected chi connectivity index (χ4v) is 2.52. The van der Waals surface area contributed by atoms with Crippen molar-refractivity contribution < 1.29 is 4.39 Å². The molecule has 0 atom stereocenters. The van der Waals surface area contributed by atoms with E-state index in [4.69, 9.17) is 0 Å². The summed E-state index contributed by atoms with van der Waals surface area (Å²) in [4.78, 5) is 10.5. The van der Waals surface area contributed by atoms with Crippen LogP contribution in [0.15, 0.2) is 55.0 Å². The van der Waals surface area contributed by atoms with E-state index < -0.39 is 0 Å². The molecule has 26 heavy (non-hydrogen) atoms. The first kappa shape index (κ1) is 17.7. The molecule has 0 bridgehead atoms. The van der Waals surface area contributed by atoms with Gasteiger partial charge in [-0.25, -0.2) is 4.39 Å². The molecule has 0 radical (unpaired) electrons. The minimum atomic E-state index is -0.196. The Morgan fingerprint density at radius 1 is 1.08 bits per heavy atom. The van der Waals surface area contributed by atoms with E-state index in [2.05, 4.69) is 25.5 Å². The molecule has 0 fully saturated rings. The highest BCUT2D eigenvalue weighted by Gasteiger charge is 2.07. The molecule has 0 aliphatic rings. The zero-order valence-corrected chi connectivity index (χ0v) is 14.6. The smallest absolute Gasteiger partial charge is 0.244 e. The summed E-state index contributed by atoms with van der Waals surface area (Å²) in [6.07, 6.45) is 6.66. The van der Waals surface area contributed by atoms with Crippen molar-refractivity contribution in [2.75, 3.05) is 30.4 Å². The number of hydrogen-bond acceptors (Lipinski definition) is 6. The van der Waals surface area contributed by atoms with E-state index in [1.165, 1.54) is 11.6 Å². The maximum atomic E-state index is 13.6. The summed E-state index contributed by atoms with van der Waals surface area (Å²) in [5.41, 5.74) is 1.88. The van der Waals surface area contributed by atoms with Gasteiger partial charge in [0.05, 0.1) is 6.20 Å². The van der Waals surface area contributed by atoms with Gasteiger partial charge in [-0.1, -0.05) is 18.2 Å².